The SMILES string of the molecule is C[C@H]1C2=c3cc4c(cc3=C1CCC2)-c1ccccc1C4. The number of fused-ring (bicyclic) bond motifs is 6. The summed E-state index contributed by atoms with van der Waals surface area (Å²) in [5.41, 5.74) is 9.41. The molecule has 0 saturated heterocycles. The van der Waals surface area contributed by atoms with E-state index in [4.69, 9.17) is 0 Å². The second-order valence-corrected chi connectivity index (χ2v) is 6.51. The van der Waals surface area contributed by atoms with Gasteiger partial charge < -0.3 is 0 Å². The molecule has 0 spiro atoms. The monoisotopic (exact) mass is 258 g/mol. The summed E-state index contributed by atoms with van der Waals surface area (Å²) < 4.78 is 0. The van der Waals surface area contributed by atoms with Crippen molar-refractivity contribution in [2.24, 2.45) is 5.92 Å². The Labute approximate surface area is 119 Å². The summed E-state index contributed by atoms with van der Waals surface area (Å²) in [6.45, 7) is 2.41. The molecular weight excluding hydrogens is 240 g/mol. The molecule has 3 aliphatic rings. The third kappa shape index (κ3) is 1.22. The van der Waals surface area contributed by atoms with Crippen LogP contribution in [0, 0.1) is 5.92 Å². The van der Waals surface area contributed by atoms with E-state index in [1.54, 1.807) is 21.6 Å². The standard InChI is InChI=1S/C20H18/c1-12-15-7-4-8-16(12)20-11-18-14(10-19(15)20)9-13-5-2-3-6-17(13)18/h2-3,5-6,10-12H,4,7-9H2,1H3/t12-/m0/s1. The summed E-state index contributed by atoms with van der Waals surface area (Å²) >= 11 is 0. The molecule has 2 aromatic carbocycles. The lowest BCUT2D eigenvalue weighted by molar-refractivity contribution is 0.745. The molecule has 20 heavy (non-hydrogen) atoms. The number of rotatable bonds is 0. The normalized spacial score (nSPS) is 21.8. The van der Waals surface area contributed by atoms with Crippen LogP contribution in [0.5, 0.6) is 0 Å². The van der Waals surface area contributed by atoms with Gasteiger partial charge in [0.2, 0.25) is 0 Å². The van der Waals surface area contributed by atoms with Crippen LogP contribution in [-0.4, -0.2) is 0 Å². The van der Waals surface area contributed by atoms with Crippen molar-refractivity contribution >= 4 is 11.1 Å². The Kier molecular flexibility index (Phi) is 1.98. The molecule has 0 amide bonds. The molecule has 0 heterocycles. The van der Waals surface area contributed by atoms with Crippen LogP contribution in [0.3, 0.4) is 0 Å². The Morgan fingerprint density at radius 3 is 2.45 bits per heavy atom. The molecule has 2 bridgehead atoms. The van der Waals surface area contributed by atoms with Crippen molar-refractivity contribution in [1.82, 2.24) is 0 Å². The van der Waals surface area contributed by atoms with Crippen molar-refractivity contribution in [3.63, 3.8) is 0 Å². The highest BCUT2D eigenvalue weighted by molar-refractivity contribution is 5.80. The third-order valence-electron chi connectivity index (χ3n) is 5.56. The van der Waals surface area contributed by atoms with Crippen molar-refractivity contribution in [3.8, 4) is 11.1 Å². The van der Waals surface area contributed by atoms with Gasteiger partial charge in [-0.05, 0) is 70.4 Å². The van der Waals surface area contributed by atoms with Crippen LogP contribution in [0.4, 0.5) is 0 Å². The second kappa shape index (κ2) is 3.63. The van der Waals surface area contributed by atoms with Gasteiger partial charge in [-0.1, -0.05) is 48.4 Å². The summed E-state index contributed by atoms with van der Waals surface area (Å²) in [7, 11) is 0. The average molecular weight is 258 g/mol. The maximum absolute atomic E-state index is 2.51. The Bertz CT molecular complexity index is 867. The zero-order valence-corrected chi connectivity index (χ0v) is 11.9. The molecule has 0 nitrogen and oxygen atoms in total. The molecule has 1 saturated carbocycles. The average Bonchev–Trinajstić information content (AvgIpc) is 2.87. The van der Waals surface area contributed by atoms with Gasteiger partial charge in [0.15, 0.2) is 0 Å². The minimum atomic E-state index is 0.705. The van der Waals surface area contributed by atoms with E-state index < -0.39 is 0 Å². The molecule has 0 aliphatic heterocycles. The predicted molar refractivity (Wildman–Crippen MR) is 83.8 cm³/mol. The van der Waals surface area contributed by atoms with E-state index in [-0.39, 0.29) is 0 Å². The van der Waals surface area contributed by atoms with Gasteiger partial charge in [0.25, 0.3) is 0 Å². The Balaban J connectivity index is 1.89. The van der Waals surface area contributed by atoms with Gasteiger partial charge in [-0.15, -0.1) is 0 Å². The number of benzene rings is 2. The van der Waals surface area contributed by atoms with Gasteiger partial charge >= 0.3 is 0 Å². The Morgan fingerprint density at radius 2 is 1.60 bits per heavy atom. The Morgan fingerprint density at radius 1 is 0.850 bits per heavy atom. The summed E-state index contributed by atoms with van der Waals surface area (Å²) in [5.74, 6) is 0.705. The molecule has 2 aromatic rings. The summed E-state index contributed by atoms with van der Waals surface area (Å²) in [6, 6.07) is 13.9. The third-order valence-corrected chi connectivity index (χ3v) is 5.56. The van der Waals surface area contributed by atoms with Gasteiger partial charge in [0.1, 0.15) is 0 Å². The first-order valence-electron chi connectivity index (χ1n) is 7.80. The number of hydrogen-bond donors (Lipinski definition) is 0. The van der Waals surface area contributed by atoms with E-state index in [0.29, 0.717) is 5.92 Å². The van der Waals surface area contributed by atoms with E-state index in [1.165, 1.54) is 41.5 Å². The zero-order chi connectivity index (χ0) is 13.3. The van der Waals surface area contributed by atoms with Crippen LogP contribution in [-0.2, 0) is 6.42 Å². The smallest absolute Gasteiger partial charge is 0.000298 e. The van der Waals surface area contributed by atoms with Gasteiger partial charge in [0.05, 0.1) is 0 Å². The largest absolute Gasteiger partial charge is 0.0619 e. The first-order chi connectivity index (χ1) is 9.83. The first-order valence-corrected chi connectivity index (χ1v) is 7.80. The van der Waals surface area contributed by atoms with Crippen LogP contribution < -0.4 is 10.4 Å². The fraction of sp³-hybridized carbons (Fsp3) is 0.300. The van der Waals surface area contributed by atoms with Gasteiger partial charge in [-0.3, -0.25) is 0 Å². The quantitative estimate of drug-likeness (QED) is 0.580. The molecular formula is C20H18. The Hall–Kier alpha value is -1.82. The van der Waals surface area contributed by atoms with E-state index in [2.05, 4.69) is 43.3 Å². The van der Waals surface area contributed by atoms with Crippen molar-refractivity contribution < 1.29 is 0 Å². The maximum Gasteiger partial charge on any atom is -0.000298 e. The van der Waals surface area contributed by atoms with Gasteiger partial charge in [0, 0.05) is 0 Å². The molecule has 5 rings (SSSR count). The van der Waals surface area contributed by atoms with Crippen LogP contribution in [0.15, 0.2) is 36.4 Å². The van der Waals surface area contributed by atoms with Gasteiger partial charge in [-0.2, -0.15) is 0 Å². The molecule has 0 radical (unpaired) electrons. The summed E-state index contributed by atoms with van der Waals surface area (Å²) in [4.78, 5) is 0. The lowest BCUT2D eigenvalue weighted by atomic mass is 9.85. The highest BCUT2D eigenvalue weighted by atomic mass is 14.3. The van der Waals surface area contributed by atoms with E-state index in [9.17, 15) is 0 Å². The van der Waals surface area contributed by atoms with Crippen molar-refractivity contribution in [2.75, 3.05) is 0 Å². The molecule has 0 heteroatoms. The first kappa shape index (κ1) is 10.9. The van der Waals surface area contributed by atoms with Crippen LogP contribution in [0.1, 0.15) is 37.3 Å². The van der Waals surface area contributed by atoms with Crippen LogP contribution >= 0.6 is 0 Å². The van der Waals surface area contributed by atoms with E-state index >= 15 is 0 Å². The lowest BCUT2D eigenvalue weighted by Gasteiger charge is -2.20. The zero-order valence-electron chi connectivity index (χ0n) is 11.9. The lowest BCUT2D eigenvalue weighted by Crippen LogP contribution is -2.24. The predicted octanol–water partition coefficient (Wildman–Crippen LogP) is 3.39. The van der Waals surface area contributed by atoms with Crippen molar-refractivity contribution in [1.29, 1.82) is 0 Å². The van der Waals surface area contributed by atoms with E-state index in [1.807, 2.05) is 0 Å². The minimum absolute atomic E-state index is 0.705. The van der Waals surface area contributed by atoms with Gasteiger partial charge in [-0.25, -0.2) is 0 Å². The number of hydrogen-bond acceptors (Lipinski definition) is 0. The molecule has 3 aliphatic carbocycles. The fourth-order valence-electron chi connectivity index (χ4n) is 4.56. The molecule has 98 valence electrons. The highest BCUT2D eigenvalue weighted by Crippen LogP contribution is 2.39. The van der Waals surface area contributed by atoms with Crippen LogP contribution in [0.25, 0.3) is 22.3 Å². The fourth-order valence-corrected chi connectivity index (χ4v) is 4.56. The molecule has 0 N–H and O–H groups in total. The molecule has 1 fully saturated rings. The van der Waals surface area contributed by atoms with E-state index in [0.717, 1.165) is 6.42 Å². The van der Waals surface area contributed by atoms with Crippen molar-refractivity contribution in [3.05, 3.63) is 58.0 Å². The summed E-state index contributed by atoms with van der Waals surface area (Å²) in [5, 5.41) is 3.15. The minimum Gasteiger partial charge on any atom is -0.0619 e. The van der Waals surface area contributed by atoms with Crippen LogP contribution in [0.2, 0.25) is 0 Å². The second-order valence-electron chi connectivity index (χ2n) is 6.51. The molecule has 0 unspecified atom stereocenters. The highest BCUT2D eigenvalue weighted by Gasteiger charge is 2.28. The molecule has 1 atom stereocenters. The topological polar surface area (TPSA) is 0 Å². The summed E-state index contributed by atoms with van der Waals surface area (Å²) in [6.07, 6.45) is 5.09. The maximum atomic E-state index is 2.51. The van der Waals surface area contributed by atoms with Crippen molar-refractivity contribution in [2.45, 2.75) is 32.6 Å². The molecule has 0 aromatic heterocycles.